The molecule has 0 aliphatic rings. The van der Waals surface area contributed by atoms with Gasteiger partial charge in [0.05, 0.1) is 7.11 Å². The molecule has 0 aliphatic heterocycles. The van der Waals surface area contributed by atoms with E-state index in [0.717, 1.165) is 6.42 Å². The first-order valence-corrected chi connectivity index (χ1v) is 3.74. The van der Waals surface area contributed by atoms with E-state index in [2.05, 4.69) is 4.74 Å². The number of hydrogen-bond donors (Lipinski definition) is 0. The molecular formula is C8H16O3. The van der Waals surface area contributed by atoms with Crippen molar-refractivity contribution in [1.82, 2.24) is 0 Å². The summed E-state index contributed by atoms with van der Waals surface area (Å²) < 4.78 is 9.65. The zero-order chi connectivity index (χ0) is 8.91. The summed E-state index contributed by atoms with van der Waals surface area (Å²) >= 11 is 0. The van der Waals surface area contributed by atoms with Gasteiger partial charge in [-0.3, -0.25) is 0 Å². The molecule has 0 spiro atoms. The minimum absolute atomic E-state index is 0.304. The van der Waals surface area contributed by atoms with Crippen molar-refractivity contribution < 1.29 is 14.3 Å². The third-order valence-electron chi connectivity index (χ3n) is 1.79. The Balaban J connectivity index is 4.19. The lowest BCUT2D eigenvalue weighted by Gasteiger charge is -2.23. The Labute approximate surface area is 67.7 Å². The summed E-state index contributed by atoms with van der Waals surface area (Å²) in [5.74, 6) is -0.304. The van der Waals surface area contributed by atoms with Crippen LogP contribution < -0.4 is 0 Å². The summed E-state index contributed by atoms with van der Waals surface area (Å²) in [6.45, 7) is 3.74. The molecule has 3 heteroatoms. The van der Waals surface area contributed by atoms with Crippen molar-refractivity contribution in [1.29, 1.82) is 0 Å². The quantitative estimate of drug-likeness (QED) is 0.582. The van der Waals surface area contributed by atoms with Crippen molar-refractivity contribution in [3.05, 3.63) is 0 Å². The second-order valence-electron chi connectivity index (χ2n) is 2.68. The minimum atomic E-state index is -0.760. The average molecular weight is 160 g/mol. The van der Waals surface area contributed by atoms with Crippen LogP contribution in [0.4, 0.5) is 0 Å². The lowest BCUT2D eigenvalue weighted by atomic mass is 10.0. The van der Waals surface area contributed by atoms with Crippen LogP contribution in [0.25, 0.3) is 0 Å². The van der Waals surface area contributed by atoms with Crippen LogP contribution in [0.5, 0.6) is 0 Å². The van der Waals surface area contributed by atoms with Crippen LogP contribution in [0.15, 0.2) is 0 Å². The third kappa shape index (κ3) is 2.50. The van der Waals surface area contributed by atoms with Crippen molar-refractivity contribution in [3.63, 3.8) is 0 Å². The Morgan fingerprint density at radius 2 is 2.00 bits per heavy atom. The number of carbonyl (C=O) groups excluding carboxylic acids is 1. The molecule has 66 valence electrons. The second-order valence-corrected chi connectivity index (χ2v) is 2.68. The molecule has 0 aliphatic carbocycles. The van der Waals surface area contributed by atoms with Crippen molar-refractivity contribution in [2.24, 2.45) is 0 Å². The molecule has 0 saturated carbocycles. The monoisotopic (exact) mass is 160 g/mol. The fourth-order valence-corrected chi connectivity index (χ4v) is 0.980. The molecule has 11 heavy (non-hydrogen) atoms. The molecule has 0 N–H and O–H groups in total. The van der Waals surface area contributed by atoms with E-state index in [4.69, 9.17) is 4.74 Å². The summed E-state index contributed by atoms with van der Waals surface area (Å²) in [7, 11) is 2.89. The van der Waals surface area contributed by atoms with E-state index >= 15 is 0 Å². The van der Waals surface area contributed by atoms with Gasteiger partial charge < -0.3 is 9.47 Å². The van der Waals surface area contributed by atoms with E-state index in [9.17, 15) is 4.79 Å². The highest BCUT2D eigenvalue weighted by molar-refractivity contribution is 5.78. The molecular weight excluding hydrogens is 144 g/mol. The molecule has 0 bridgehead atoms. The van der Waals surface area contributed by atoms with Crippen molar-refractivity contribution in [2.45, 2.75) is 32.3 Å². The predicted octanol–water partition coefficient (Wildman–Crippen LogP) is 1.36. The molecule has 0 unspecified atom stereocenters. The Morgan fingerprint density at radius 1 is 1.45 bits per heavy atom. The topological polar surface area (TPSA) is 35.5 Å². The lowest BCUT2D eigenvalue weighted by Crippen LogP contribution is -2.38. The lowest BCUT2D eigenvalue weighted by molar-refractivity contribution is -0.164. The highest BCUT2D eigenvalue weighted by atomic mass is 16.6. The molecule has 0 heterocycles. The number of carbonyl (C=O) groups is 1. The minimum Gasteiger partial charge on any atom is -0.467 e. The van der Waals surface area contributed by atoms with Crippen LogP contribution in [0, 0.1) is 0 Å². The molecule has 0 aromatic rings. The van der Waals surface area contributed by atoms with E-state index in [0.29, 0.717) is 6.42 Å². The maximum atomic E-state index is 11.1. The maximum Gasteiger partial charge on any atom is 0.337 e. The Bertz CT molecular complexity index is 133. The molecule has 0 saturated heterocycles. The summed E-state index contributed by atoms with van der Waals surface area (Å²) in [6, 6.07) is 0. The van der Waals surface area contributed by atoms with Crippen molar-refractivity contribution in [2.75, 3.05) is 14.2 Å². The van der Waals surface area contributed by atoms with E-state index in [1.54, 1.807) is 6.92 Å². The maximum absolute atomic E-state index is 11.1. The highest BCUT2D eigenvalue weighted by Gasteiger charge is 2.32. The van der Waals surface area contributed by atoms with Crippen LogP contribution in [0.3, 0.4) is 0 Å². The van der Waals surface area contributed by atoms with Crippen molar-refractivity contribution >= 4 is 5.97 Å². The number of rotatable bonds is 4. The van der Waals surface area contributed by atoms with Crippen LogP contribution in [0.1, 0.15) is 26.7 Å². The normalized spacial score (nSPS) is 15.6. The van der Waals surface area contributed by atoms with Crippen LogP contribution in [-0.2, 0) is 14.3 Å². The van der Waals surface area contributed by atoms with E-state index in [1.807, 2.05) is 6.92 Å². The zero-order valence-corrected chi connectivity index (χ0v) is 7.64. The van der Waals surface area contributed by atoms with Crippen LogP contribution >= 0.6 is 0 Å². The molecule has 0 fully saturated rings. The number of hydrogen-bond acceptors (Lipinski definition) is 3. The smallest absolute Gasteiger partial charge is 0.337 e. The van der Waals surface area contributed by atoms with Gasteiger partial charge in [-0.15, -0.1) is 0 Å². The average Bonchev–Trinajstić information content (AvgIpc) is 2.03. The van der Waals surface area contributed by atoms with Gasteiger partial charge in [-0.1, -0.05) is 13.3 Å². The second kappa shape index (κ2) is 4.34. The predicted molar refractivity (Wildman–Crippen MR) is 42.3 cm³/mol. The standard InChI is InChI=1S/C8H16O3/c1-5-6-8(2,11-4)7(9)10-3/h5-6H2,1-4H3/t8-/m1/s1. The van der Waals surface area contributed by atoms with Crippen LogP contribution in [0.2, 0.25) is 0 Å². The van der Waals surface area contributed by atoms with Gasteiger partial charge >= 0.3 is 5.97 Å². The fraction of sp³-hybridized carbons (Fsp3) is 0.875. The molecule has 0 amide bonds. The molecule has 3 nitrogen and oxygen atoms in total. The van der Waals surface area contributed by atoms with Gasteiger partial charge in [-0.2, -0.15) is 0 Å². The molecule has 0 aromatic carbocycles. The fourth-order valence-electron chi connectivity index (χ4n) is 0.980. The Morgan fingerprint density at radius 3 is 2.27 bits per heavy atom. The Hall–Kier alpha value is -0.570. The third-order valence-corrected chi connectivity index (χ3v) is 1.79. The van der Waals surface area contributed by atoms with Gasteiger partial charge in [0, 0.05) is 7.11 Å². The van der Waals surface area contributed by atoms with Crippen LogP contribution in [-0.4, -0.2) is 25.8 Å². The summed E-state index contributed by atoms with van der Waals surface area (Å²) in [6.07, 6.45) is 1.59. The zero-order valence-electron chi connectivity index (χ0n) is 7.64. The summed E-state index contributed by atoms with van der Waals surface area (Å²) in [5, 5.41) is 0. The van der Waals surface area contributed by atoms with Gasteiger partial charge in [-0.05, 0) is 13.3 Å². The molecule has 1 atom stereocenters. The van der Waals surface area contributed by atoms with Gasteiger partial charge in [0.1, 0.15) is 0 Å². The van der Waals surface area contributed by atoms with E-state index in [1.165, 1.54) is 14.2 Å². The van der Waals surface area contributed by atoms with Gasteiger partial charge in [-0.25, -0.2) is 4.79 Å². The van der Waals surface area contributed by atoms with Crippen molar-refractivity contribution in [3.8, 4) is 0 Å². The largest absolute Gasteiger partial charge is 0.467 e. The number of esters is 1. The van der Waals surface area contributed by atoms with Gasteiger partial charge in [0.15, 0.2) is 5.60 Å². The van der Waals surface area contributed by atoms with E-state index in [-0.39, 0.29) is 5.97 Å². The highest BCUT2D eigenvalue weighted by Crippen LogP contribution is 2.17. The first-order chi connectivity index (χ1) is 5.10. The Kier molecular flexibility index (Phi) is 4.11. The first-order valence-electron chi connectivity index (χ1n) is 3.74. The SMILES string of the molecule is CCC[C@@](C)(OC)C(=O)OC. The number of methoxy groups -OCH3 is 2. The summed E-state index contributed by atoms with van der Waals surface area (Å²) in [4.78, 5) is 11.1. The number of ether oxygens (including phenoxy) is 2. The first kappa shape index (κ1) is 10.4. The molecule has 0 rings (SSSR count). The molecule has 0 aromatic heterocycles. The van der Waals surface area contributed by atoms with Gasteiger partial charge in [0.25, 0.3) is 0 Å². The van der Waals surface area contributed by atoms with Gasteiger partial charge in [0.2, 0.25) is 0 Å². The van der Waals surface area contributed by atoms with E-state index < -0.39 is 5.60 Å². The summed E-state index contributed by atoms with van der Waals surface area (Å²) in [5.41, 5.74) is -0.760. The molecule has 0 radical (unpaired) electrons.